The third-order valence-corrected chi connectivity index (χ3v) is 7.08. The summed E-state index contributed by atoms with van der Waals surface area (Å²) in [6.45, 7) is 4.21. The van der Waals surface area contributed by atoms with E-state index in [0.29, 0.717) is 41.7 Å². The summed E-state index contributed by atoms with van der Waals surface area (Å²) in [5.41, 5.74) is 1.27. The number of hydrogen-bond acceptors (Lipinski definition) is 6. The number of sulfonamides is 1. The number of rotatable bonds is 8. The molecule has 1 heterocycles. The Hall–Kier alpha value is -2.97. The fourth-order valence-corrected chi connectivity index (χ4v) is 5.20. The van der Waals surface area contributed by atoms with Gasteiger partial charge < -0.3 is 9.47 Å². The topological polar surface area (TPSA) is 94.6 Å². The minimum absolute atomic E-state index is 0.0293. The molecule has 1 amide bonds. The summed E-state index contributed by atoms with van der Waals surface area (Å²) in [6.07, 6.45) is 2.47. The third-order valence-electron chi connectivity index (χ3n) is 5.69. The smallest absolute Gasteiger partial charge is 0.264 e. The van der Waals surface area contributed by atoms with Gasteiger partial charge in [0.1, 0.15) is 11.9 Å². The van der Waals surface area contributed by atoms with Gasteiger partial charge in [-0.3, -0.25) is 9.78 Å². The molecular formula is C24H26N2O5S. The minimum atomic E-state index is -4.09. The van der Waals surface area contributed by atoms with Crippen molar-refractivity contribution in [2.24, 2.45) is 0 Å². The average molecular weight is 455 g/mol. The van der Waals surface area contributed by atoms with Crippen molar-refractivity contribution < 1.29 is 22.7 Å². The van der Waals surface area contributed by atoms with Crippen LogP contribution in [0, 0.1) is 6.92 Å². The summed E-state index contributed by atoms with van der Waals surface area (Å²) in [6, 6.07) is 13.8. The van der Waals surface area contributed by atoms with Gasteiger partial charge in [-0.1, -0.05) is 23.8 Å². The number of nitrogens with one attached hydrogen (secondary N) is 1. The minimum Gasteiger partial charge on any atom is -0.488 e. The molecule has 32 heavy (non-hydrogen) atoms. The van der Waals surface area contributed by atoms with Crippen LogP contribution in [0.25, 0.3) is 10.9 Å². The monoisotopic (exact) mass is 454 g/mol. The van der Waals surface area contributed by atoms with Crippen LogP contribution in [0.4, 0.5) is 0 Å². The molecule has 0 unspecified atom stereocenters. The first-order valence-corrected chi connectivity index (χ1v) is 11.9. The van der Waals surface area contributed by atoms with E-state index in [1.807, 2.05) is 32.0 Å². The number of aryl methyl sites for hydroxylation is 1. The predicted molar refractivity (Wildman–Crippen MR) is 121 cm³/mol. The van der Waals surface area contributed by atoms with Gasteiger partial charge in [-0.25, -0.2) is 13.1 Å². The van der Waals surface area contributed by atoms with E-state index in [0.717, 1.165) is 5.56 Å². The summed E-state index contributed by atoms with van der Waals surface area (Å²) in [5, 5.41) is 0.466. The van der Waals surface area contributed by atoms with Crippen LogP contribution in [0.5, 0.6) is 5.75 Å². The van der Waals surface area contributed by atoms with Gasteiger partial charge in [-0.2, -0.15) is 0 Å². The Morgan fingerprint density at radius 1 is 1.19 bits per heavy atom. The number of nitrogens with zero attached hydrogens (tertiary/aromatic N) is 1. The predicted octanol–water partition coefficient (Wildman–Crippen LogP) is 3.49. The Morgan fingerprint density at radius 2 is 1.97 bits per heavy atom. The summed E-state index contributed by atoms with van der Waals surface area (Å²) < 4.78 is 39.8. The van der Waals surface area contributed by atoms with Crippen LogP contribution in [0.3, 0.4) is 0 Å². The average Bonchev–Trinajstić information content (AvgIpc) is 3.56. The van der Waals surface area contributed by atoms with Crippen molar-refractivity contribution in [3.63, 3.8) is 0 Å². The third kappa shape index (κ3) is 4.20. The molecule has 1 aromatic heterocycles. The van der Waals surface area contributed by atoms with Crippen molar-refractivity contribution in [2.75, 3.05) is 13.7 Å². The molecule has 0 spiro atoms. The molecule has 1 atom stereocenters. The Balaban J connectivity index is 1.66. The fourth-order valence-electron chi connectivity index (χ4n) is 3.93. The molecule has 4 rings (SSSR count). The lowest BCUT2D eigenvalue weighted by molar-refractivity contribution is -0.121. The maximum Gasteiger partial charge on any atom is 0.264 e. The molecule has 7 nitrogen and oxygen atoms in total. The first kappa shape index (κ1) is 22.2. The van der Waals surface area contributed by atoms with Crippen LogP contribution in [0.2, 0.25) is 0 Å². The zero-order valence-electron chi connectivity index (χ0n) is 18.3. The SMILES string of the molecule is COC[C@H](C)Oc1ccc(C)cc1C1(C(=O)NS(=O)(=O)c2cccc3ncccc23)CC1. The van der Waals surface area contributed by atoms with Crippen molar-refractivity contribution >= 4 is 26.8 Å². The van der Waals surface area contributed by atoms with E-state index in [-0.39, 0.29) is 11.0 Å². The summed E-state index contributed by atoms with van der Waals surface area (Å²) in [4.78, 5) is 17.6. The fraction of sp³-hybridized carbons (Fsp3) is 0.333. The quantitative estimate of drug-likeness (QED) is 0.560. The molecule has 0 radical (unpaired) electrons. The maximum atomic E-state index is 13.3. The molecule has 8 heteroatoms. The van der Waals surface area contributed by atoms with Crippen molar-refractivity contribution in [3.8, 4) is 5.75 Å². The van der Waals surface area contributed by atoms with Gasteiger partial charge in [0.15, 0.2) is 0 Å². The van der Waals surface area contributed by atoms with Gasteiger partial charge in [0.05, 0.1) is 22.4 Å². The van der Waals surface area contributed by atoms with E-state index in [1.54, 1.807) is 37.6 Å². The van der Waals surface area contributed by atoms with Gasteiger partial charge in [0.25, 0.3) is 10.0 Å². The van der Waals surface area contributed by atoms with Gasteiger partial charge in [-0.05, 0) is 57.0 Å². The Morgan fingerprint density at radius 3 is 2.69 bits per heavy atom. The van der Waals surface area contributed by atoms with Crippen molar-refractivity contribution in [2.45, 2.75) is 43.1 Å². The highest BCUT2D eigenvalue weighted by molar-refractivity contribution is 7.90. The molecule has 1 N–H and O–H groups in total. The number of amides is 1. The van der Waals surface area contributed by atoms with Gasteiger partial charge >= 0.3 is 0 Å². The molecule has 1 aliphatic rings. The Labute approximate surface area is 187 Å². The molecule has 1 saturated carbocycles. The van der Waals surface area contributed by atoms with Crippen LogP contribution in [0.1, 0.15) is 30.9 Å². The van der Waals surface area contributed by atoms with Crippen LogP contribution in [-0.4, -0.2) is 39.1 Å². The lowest BCUT2D eigenvalue weighted by atomic mass is 9.93. The van der Waals surface area contributed by atoms with Crippen LogP contribution < -0.4 is 9.46 Å². The molecule has 0 bridgehead atoms. The van der Waals surface area contributed by atoms with E-state index < -0.39 is 21.3 Å². The number of carbonyl (C=O) groups excluding carboxylic acids is 1. The maximum absolute atomic E-state index is 13.3. The number of pyridine rings is 1. The zero-order valence-corrected chi connectivity index (χ0v) is 19.1. The summed E-state index contributed by atoms with van der Waals surface area (Å²) in [7, 11) is -2.50. The molecule has 0 saturated heterocycles. The Kier molecular flexibility index (Phi) is 5.92. The van der Waals surface area contributed by atoms with E-state index in [4.69, 9.17) is 9.47 Å². The standard InChI is InChI=1S/C24H26N2O5S/c1-16-9-10-21(31-17(2)15-30-3)19(14-16)24(11-12-24)23(27)26-32(28,29)22-8-4-7-20-18(22)6-5-13-25-20/h4-10,13-14,17H,11-12,15H2,1-3H3,(H,26,27)/t17-/m0/s1. The molecule has 168 valence electrons. The highest BCUT2D eigenvalue weighted by Gasteiger charge is 2.54. The summed E-state index contributed by atoms with van der Waals surface area (Å²) >= 11 is 0. The first-order valence-electron chi connectivity index (χ1n) is 10.4. The number of methoxy groups -OCH3 is 1. The number of fused-ring (bicyclic) bond motifs is 1. The van der Waals surface area contributed by atoms with E-state index >= 15 is 0 Å². The van der Waals surface area contributed by atoms with E-state index in [2.05, 4.69) is 9.71 Å². The number of carbonyl (C=O) groups is 1. The first-order chi connectivity index (χ1) is 15.3. The lowest BCUT2D eigenvalue weighted by Crippen LogP contribution is -2.39. The molecular weight excluding hydrogens is 428 g/mol. The van der Waals surface area contributed by atoms with Crippen molar-refractivity contribution in [3.05, 3.63) is 65.9 Å². The van der Waals surface area contributed by atoms with Crippen LogP contribution in [0.15, 0.2) is 59.6 Å². The molecule has 2 aromatic carbocycles. The van der Waals surface area contributed by atoms with Gasteiger partial charge in [0, 0.05) is 24.3 Å². The van der Waals surface area contributed by atoms with Gasteiger partial charge in [0.2, 0.25) is 5.91 Å². The molecule has 3 aromatic rings. The largest absolute Gasteiger partial charge is 0.488 e. The second-order valence-corrected chi connectivity index (χ2v) is 9.88. The highest BCUT2D eigenvalue weighted by Crippen LogP contribution is 2.52. The number of aromatic nitrogens is 1. The molecule has 1 fully saturated rings. The Bertz CT molecular complexity index is 1260. The second kappa shape index (κ2) is 8.52. The number of ether oxygens (including phenoxy) is 2. The van der Waals surface area contributed by atoms with E-state index in [1.165, 1.54) is 6.07 Å². The molecule has 0 aliphatic heterocycles. The second-order valence-electron chi connectivity index (χ2n) is 8.23. The lowest BCUT2D eigenvalue weighted by Gasteiger charge is -2.22. The molecule has 1 aliphatic carbocycles. The number of hydrogen-bond donors (Lipinski definition) is 1. The summed E-state index contributed by atoms with van der Waals surface area (Å²) in [5.74, 6) is 0.0211. The highest BCUT2D eigenvalue weighted by atomic mass is 32.2. The normalized spacial score (nSPS) is 15.8. The number of benzene rings is 2. The van der Waals surface area contributed by atoms with Crippen LogP contribution in [-0.2, 0) is 25.0 Å². The van der Waals surface area contributed by atoms with Crippen molar-refractivity contribution in [1.82, 2.24) is 9.71 Å². The van der Waals surface area contributed by atoms with Crippen LogP contribution >= 0.6 is 0 Å². The van der Waals surface area contributed by atoms with Gasteiger partial charge in [-0.15, -0.1) is 0 Å². The van der Waals surface area contributed by atoms with Crippen molar-refractivity contribution in [1.29, 1.82) is 0 Å². The van der Waals surface area contributed by atoms with E-state index in [9.17, 15) is 13.2 Å². The zero-order chi connectivity index (χ0) is 22.9.